The van der Waals surface area contributed by atoms with Gasteiger partial charge < -0.3 is 20.5 Å². The maximum atomic E-state index is 11.4. The molecular weight excluding hydrogens is 372 g/mol. The number of nitrogens with zero attached hydrogens (tertiary/aromatic N) is 3. The molecule has 3 heterocycles. The van der Waals surface area contributed by atoms with Crippen molar-refractivity contribution >= 4 is 23.2 Å². The highest BCUT2D eigenvalue weighted by molar-refractivity contribution is 6.40. The summed E-state index contributed by atoms with van der Waals surface area (Å²) in [4.78, 5) is 23.5. The largest absolute Gasteiger partial charge is 0.383 e. The zero-order chi connectivity index (χ0) is 21.6. The number of carbonyl (C=O) groups is 2. The van der Waals surface area contributed by atoms with Crippen LogP contribution < -0.4 is 10.7 Å². The third-order valence-electron chi connectivity index (χ3n) is 4.86. The number of fused-ring (bicyclic) bond motifs is 1. The summed E-state index contributed by atoms with van der Waals surface area (Å²) in [5.74, 6) is 1.90. The second kappa shape index (κ2) is 9.74. The van der Waals surface area contributed by atoms with Gasteiger partial charge in [-0.25, -0.2) is 0 Å². The van der Waals surface area contributed by atoms with E-state index in [1.807, 2.05) is 24.3 Å². The number of aliphatic hydroxyl groups is 1. The molecule has 2 saturated heterocycles. The minimum Gasteiger partial charge on any atom is -0.383 e. The van der Waals surface area contributed by atoms with Crippen LogP contribution in [0.25, 0.3) is 0 Å². The topological polar surface area (TPSA) is 108 Å². The predicted octanol–water partition coefficient (Wildman–Crippen LogP) is -0.197. The van der Waals surface area contributed by atoms with Crippen molar-refractivity contribution in [2.24, 2.45) is 16.8 Å². The van der Waals surface area contributed by atoms with Crippen molar-refractivity contribution in [1.29, 1.82) is 0 Å². The number of primary amides is 1. The molecule has 1 aromatic rings. The van der Waals surface area contributed by atoms with E-state index < -0.39 is 12.0 Å². The molecule has 4 rings (SSSR count). The molecule has 3 aliphatic heterocycles. The molecule has 0 spiro atoms. The first-order valence-electron chi connectivity index (χ1n) is 9.00. The number of likely N-dealkylation sites (tertiary alicyclic amines) is 1. The van der Waals surface area contributed by atoms with E-state index >= 15 is 0 Å². The Morgan fingerprint density at radius 2 is 2.10 bits per heavy atom. The van der Waals surface area contributed by atoms with Crippen molar-refractivity contribution in [3.05, 3.63) is 29.8 Å². The lowest BCUT2D eigenvalue weighted by atomic mass is 9.98. The van der Waals surface area contributed by atoms with Gasteiger partial charge in [0.15, 0.2) is 0 Å². The van der Waals surface area contributed by atoms with Crippen LogP contribution in [0.3, 0.4) is 0 Å². The number of likely N-dealkylation sites (N-methyl/N-ethyl adjacent to an activating group) is 1. The number of terminal acetylenes is 2. The maximum absolute atomic E-state index is 11.4. The monoisotopic (exact) mass is 396 g/mol. The summed E-state index contributed by atoms with van der Waals surface area (Å²) in [5, 5.41) is 14.9. The van der Waals surface area contributed by atoms with E-state index in [4.69, 9.17) is 22.0 Å². The van der Waals surface area contributed by atoms with Crippen LogP contribution in [0.2, 0.25) is 0 Å². The molecule has 8 nitrogen and oxygen atoms in total. The number of amides is 2. The Morgan fingerprint density at radius 3 is 2.62 bits per heavy atom. The molecule has 152 valence electrons. The number of carbonyl (C=O) groups excluding carboxylic acids is 2. The third kappa shape index (κ3) is 4.75. The Morgan fingerprint density at radius 1 is 1.38 bits per heavy atom. The van der Waals surface area contributed by atoms with Crippen molar-refractivity contribution in [3.8, 4) is 25.2 Å². The lowest BCUT2D eigenvalue weighted by Crippen LogP contribution is -2.35. The number of nitrogens with two attached hydrogens (primary N) is 1. The fourth-order valence-electron chi connectivity index (χ4n) is 3.33. The first-order chi connectivity index (χ1) is 13.9. The quantitative estimate of drug-likeness (QED) is 0.674. The molecule has 3 N–H and O–H groups in total. The number of benzene rings is 1. The molecule has 8 heteroatoms. The summed E-state index contributed by atoms with van der Waals surface area (Å²) in [6.45, 7) is 1.71. The van der Waals surface area contributed by atoms with Crippen LogP contribution >= 0.6 is 0 Å². The van der Waals surface area contributed by atoms with E-state index in [1.165, 1.54) is 4.90 Å². The van der Waals surface area contributed by atoms with E-state index in [1.54, 1.807) is 12.1 Å². The molecule has 2 amide bonds. The molecule has 2 fully saturated rings. The van der Waals surface area contributed by atoms with Gasteiger partial charge >= 0.3 is 0 Å². The van der Waals surface area contributed by atoms with E-state index in [-0.39, 0.29) is 17.9 Å². The van der Waals surface area contributed by atoms with Crippen LogP contribution in [0.4, 0.5) is 5.69 Å². The molecular formula is C21H24N4O4. The number of anilines is 1. The number of hydrogen-bond acceptors (Lipinski definition) is 6. The van der Waals surface area contributed by atoms with Gasteiger partial charge in [-0.15, -0.1) is 19.3 Å². The van der Waals surface area contributed by atoms with Crippen molar-refractivity contribution in [2.45, 2.75) is 18.6 Å². The highest BCUT2D eigenvalue weighted by atomic mass is 16.5. The number of hydrogen-bond donors (Lipinski definition) is 2. The Kier molecular flexibility index (Phi) is 7.38. The Hall–Kier alpha value is -3.33. The second-order valence-electron chi connectivity index (χ2n) is 6.66. The van der Waals surface area contributed by atoms with Gasteiger partial charge in [-0.2, -0.15) is 5.10 Å². The summed E-state index contributed by atoms with van der Waals surface area (Å²) in [7, 11) is 1.69. The molecule has 0 bridgehead atoms. The summed E-state index contributed by atoms with van der Waals surface area (Å²) < 4.78 is 5.43. The molecule has 0 radical (unpaired) electrons. The van der Waals surface area contributed by atoms with E-state index in [2.05, 4.69) is 23.9 Å². The average Bonchev–Trinajstić information content (AvgIpc) is 3.42. The van der Waals surface area contributed by atoms with Crippen molar-refractivity contribution in [3.63, 3.8) is 0 Å². The van der Waals surface area contributed by atoms with E-state index in [0.717, 1.165) is 11.3 Å². The lowest BCUT2D eigenvalue weighted by Gasteiger charge is -2.21. The minimum absolute atomic E-state index is 0.0236. The van der Waals surface area contributed by atoms with Crippen molar-refractivity contribution in [2.75, 3.05) is 31.8 Å². The van der Waals surface area contributed by atoms with Crippen LogP contribution in [-0.2, 0) is 14.3 Å². The number of aliphatic hydroxyl groups excluding tert-OH is 1. The fourth-order valence-corrected chi connectivity index (χ4v) is 3.33. The maximum Gasteiger partial charge on any atom is 0.265 e. The zero-order valence-electron chi connectivity index (χ0n) is 16.2. The SMILES string of the molecule is C#C.C#Cc1cccc(N2N=C(C(N)=O)C3COCC32)c1.CN1CC[C@H](O)C1=O. The van der Waals surface area contributed by atoms with Crippen molar-refractivity contribution in [1.82, 2.24) is 4.90 Å². The van der Waals surface area contributed by atoms with Gasteiger partial charge in [0.25, 0.3) is 11.8 Å². The Bertz CT molecular complexity index is 846. The first-order valence-corrected chi connectivity index (χ1v) is 9.00. The van der Waals surface area contributed by atoms with Gasteiger partial charge in [-0.3, -0.25) is 14.6 Å². The second-order valence-corrected chi connectivity index (χ2v) is 6.66. The normalized spacial score (nSPS) is 24.4. The van der Waals surface area contributed by atoms with E-state index in [0.29, 0.717) is 31.9 Å². The molecule has 0 aromatic heterocycles. The number of hydrazone groups is 1. The van der Waals surface area contributed by atoms with Crippen LogP contribution in [0.1, 0.15) is 12.0 Å². The summed E-state index contributed by atoms with van der Waals surface area (Å²) in [5.41, 5.74) is 7.38. The van der Waals surface area contributed by atoms with Crippen LogP contribution in [0.5, 0.6) is 0 Å². The smallest absolute Gasteiger partial charge is 0.265 e. The highest BCUT2D eigenvalue weighted by Gasteiger charge is 2.44. The van der Waals surface area contributed by atoms with E-state index in [9.17, 15) is 9.59 Å². The van der Waals surface area contributed by atoms with Gasteiger partial charge in [-0.1, -0.05) is 12.0 Å². The zero-order valence-corrected chi connectivity index (χ0v) is 16.2. The molecule has 3 atom stereocenters. The molecule has 0 saturated carbocycles. The highest BCUT2D eigenvalue weighted by Crippen LogP contribution is 2.32. The molecule has 3 aliphatic rings. The molecule has 1 aromatic carbocycles. The molecule has 0 aliphatic carbocycles. The van der Waals surface area contributed by atoms with Crippen molar-refractivity contribution < 1.29 is 19.4 Å². The average molecular weight is 396 g/mol. The predicted molar refractivity (Wildman–Crippen MR) is 110 cm³/mol. The third-order valence-corrected chi connectivity index (χ3v) is 4.86. The Balaban J connectivity index is 0.000000252. The van der Waals surface area contributed by atoms with Gasteiger partial charge in [0.1, 0.15) is 11.8 Å². The van der Waals surface area contributed by atoms with Gasteiger partial charge in [-0.05, 0) is 24.6 Å². The summed E-state index contributed by atoms with van der Waals surface area (Å²) in [6, 6.07) is 7.51. The number of rotatable bonds is 2. The van der Waals surface area contributed by atoms with Crippen LogP contribution in [-0.4, -0.2) is 66.5 Å². The molecule has 29 heavy (non-hydrogen) atoms. The van der Waals surface area contributed by atoms with Gasteiger partial charge in [0.05, 0.1) is 30.9 Å². The minimum atomic E-state index is -0.722. The Labute approximate surface area is 170 Å². The standard InChI is InChI=1S/C14H13N3O2.C5H9NO2.C2H2/c1-2-9-4-3-5-10(6-9)17-12-8-19-7-11(12)13(16-17)14(15)18;1-6-3-2-4(7)5(6)8;1-2/h1,3-6,11-12H,7-8H2,(H2,15,18);4,7H,2-3H2,1H3;1-2H/t;4-;/m.0./s1. The lowest BCUT2D eigenvalue weighted by molar-refractivity contribution is -0.133. The van der Waals surface area contributed by atoms with Crippen LogP contribution in [0.15, 0.2) is 29.4 Å². The first kappa shape index (κ1) is 22.0. The van der Waals surface area contributed by atoms with Gasteiger partial charge in [0.2, 0.25) is 0 Å². The van der Waals surface area contributed by atoms with Crippen LogP contribution in [0, 0.1) is 31.1 Å². The fraction of sp³-hybridized carbons (Fsp3) is 0.381. The number of ether oxygens (including phenoxy) is 1. The molecule has 2 unspecified atom stereocenters. The summed E-state index contributed by atoms with van der Waals surface area (Å²) in [6.07, 6.45) is 13.3. The summed E-state index contributed by atoms with van der Waals surface area (Å²) >= 11 is 0. The van der Waals surface area contributed by atoms with Gasteiger partial charge in [0, 0.05) is 19.2 Å².